The zero-order valence-corrected chi connectivity index (χ0v) is 19.4. The van der Waals surface area contributed by atoms with Crippen LogP contribution in [-0.2, 0) is 27.9 Å². The van der Waals surface area contributed by atoms with Crippen LogP contribution in [0, 0.1) is 0 Å². The van der Waals surface area contributed by atoms with Crippen molar-refractivity contribution in [2.75, 3.05) is 27.3 Å². The average molecular weight is 461 g/mol. The monoisotopic (exact) mass is 460 g/mol. The van der Waals surface area contributed by atoms with E-state index in [1.54, 1.807) is 4.90 Å². The number of likely N-dealkylation sites (tertiary alicyclic amines) is 2. The van der Waals surface area contributed by atoms with Crippen LogP contribution in [0.1, 0.15) is 41.0 Å². The highest BCUT2D eigenvalue weighted by molar-refractivity contribution is 5.70. The summed E-state index contributed by atoms with van der Waals surface area (Å²) in [6.07, 6.45) is 2.57. The normalized spacial score (nSPS) is 28.6. The average Bonchev–Trinajstić information content (AvgIpc) is 3.60. The zero-order chi connectivity index (χ0) is 23.4. The molecule has 8 nitrogen and oxygen atoms in total. The summed E-state index contributed by atoms with van der Waals surface area (Å²) in [5.74, 6) is 0.309. The fraction of sp³-hybridized carbons (Fsp3) is 0.462. The van der Waals surface area contributed by atoms with Gasteiger partial charge < -0.3 is 19.3 Å². The van der Waals surface area contributed by atoms with Crippen molar-refractivity contribution in [3.05, 3.63) is 64.7 Å². The van der Waals surface area contributed by atoms with E-state index in [1.165, 1.54) is 25.3 Å². The maximum absolute atomic E-state index is 12.5. The van der Waals surface area contributed by atoms with Gasteiger partial charge in [0.15, 0.2) is 0 Å². The number of carbonyl (C=O) groups excluding carboxylic acids is 2. The van der Waals surface area contributed by atoms with E-state index >= 15 is 0 Å². The highest BCUT2D eigenvalue weighted by Crippen LogP contribution is 2.51. The molecule has 4 atom stereocenters. The number of hydrogen-bond donors (Lipinski definition) is 0. The van der Waals surface area contributed by atoms with Crippen LogP contribution in [0.3, 0.4) is 0 Å². The van der Waals surface area contributed by atoms with Gasteiger partial charge in [0.05, 0.1) is 25.9 Å². The van der Waals surface area contributed by atoms with E-state index < -0.39 is 5.54 Å². The minimum absolute atomic E-state index is 0.105. The fourth-order valence-electron chi connectivity index (χ4n) is 6.72. The van der Waals surface area contributed by atoms with E-state index in [0.717, 1.165) is 42.6 Å². The van der Waals surface area contributed by atoms with Gasteiger partial charge in [-0.2, -0.15) is 10.2 Å². The Labute approximate surface area is 198 Å². The van der Waals surface area contributed by atoms with Crippen molar-refractivity contribution in [3.63, 3.8) is 0 Å². The molecule has 2 heterocycles. The summed E-state index contributed by atoms with van der Waals surface area (Å²) in [6, 6.07) is 14.5. The van der Waals surface area contributed by atoms with E-state index in [0.29, 0.717) is 18.9 Å². The topological polar surface area (TPSA) is 83.8 Å². The highest BCUT2D eigenvalue weighted by Gasteiger charge is 2.56. The van der Waals surface area contributed by atoms with Crippen LogP contribution >= 0.6 is 0 Å². The molecule has 2 aliphatic carbocycles. The van der Waals surface area contributed by atoms with Crippen LogP contribution < -0.4 is 0 Å². The van der Waals surface area contributed by atoms with Gasteiger partial charge >= 0.3 is 12.2 Å². The molecule has 0 spiro atoms. The molecule has 6 rings (SSSR count). The Kier molecular flexibility index (Phi) is 4.86. The predicted molar refractivity (Wildman–Crippen MR) is 124 cm³/mol. The molecule has 4 aliphatic rings. The lowest BCUT2D eigenvalue weighted by Gasteiger charge is -2.28. The van der Waals surface area contributed by atoms with Gasteiger partial charge in [0.2, 0.25) is 0 Å². The van der Waals surface area contributed by atoms with Crippen molar-refractivity contribution in [3.8, 4) is 0 Å². The Hall–Kier alpha value is -3.42. The van der Waals surface area contributed by atoms with Crippen molar-refractivity contribution in [2.24, 2.45) is 10.2 Å². The van der Waals surface area contributed by atoms with Crippen LogP contribution in [-0.4, -0.2) is 61.4 Å². The first kappa shape index (κ1) is 21.1. The van der Waals surface area contributed by atoms with Crippen LogP contribution in [0.4, 0.5) is 15.3 Å². The van der Waals surface area contributed by atoms with Gasteiger partial charge in [0.25, 0.3) is 0 Å². The molecule has 0 radical (unpaired) electrons. The molecular weight excluding hydrogens is 432 g/mol. The standard InChI is InChI=1S/C26H28N4O4/c1-33-24(31)29-12-10-18-17-7-5-9-21(19(17)15-22(18)29)27-28-26-11-13-30(25(32)34-2)23(26)14-16-6-3-4-8-20(16)26/h3-9,18,22-23H,10-15H2,1-2H3/t18-,22?,23+,26+/m1/s1. The summed E-state index contributed by atoms with van der Waals surface area (Å²) in [6.45, 7) is 1.31. The fourth-order valence-corrected chi connectivity index (χ4v) is 6.72. The van der Waals surface area contributed by atoms with Crippen molar-refractivity contribution < 1.29 is 19.1 Å². The summed E-state index contributed by atoms with van der Waals surface area (Å²) in [5, 5.41) is 9.85. The molecule has 2 aromatic rings. The van der Waals surface area contributed by atoms with Gasteiger partial charge in [-0.1, -0.05) is 36.4 Å². The summed E-state index contributed by atoms with van der Waals surface area (Å²) in [5.41, 5.74) is 5.07. The number of benzene rings is 2. The lowest BCUT2D eigenvalue weighted by Crippen LogP contribution is -2.42. The van der Waals surface area contributed by atoms with Crippen molar-refractivity contribution in [1.82, 2.24) is 9.80 Å². The molecule has 2 aromatic carbocycles. The van der Waals surface area contributed by atoms with Gasteiger partial charge in [0, 0.05) is 25.0 Å². The number of carbonyl (C=O) groups is 2. The van der Waals surface area contributed by atoms with Gasteiger partial charge in [-0.3, -0.25) is 0 Å². The molecular formula is C26H28N4O4. The van der Waals surface area contributed by atoms with E-state index in [9.17, 15) is 9.59 Å². The highest BCUT2D eigenvalue weighted by atomic mass is 16.5. The third-order valence-corrected chi connectivity index (χ3v) is 8.26. The van der Waals surface area contributed by atoms with E-state index in [4.69, 9.17) is 19.7 Å². The molecule has 34 heavy (non-hydrogen) atoms. The maximum atomic E-state index is 12.5. The molecule has 2 aliphatic heterocycles. The summed E-state index contributed by atoms with van der Waals surface area (Å²) in [4.78, 5) is 28.4. The Bertz CT molecular complexity index is 1200. The van der Waals surface area contributed by atoms with Gasteiger partial charge in [0.1, 0.15) is 5.54 Å². The molecule has 2 fully saturated rings. The number of methoxy groups -OCH3 is 2. The minimum Gasteiger partial charge on any atom is -0.453 e. The number of nitrogens with zero attached hydrogens (tertiary/aromatic N) is 4. The minimum atomic E-state index is -0.569. The molecule has 1 unspecified atom stereocenters. The summed E-state index contributed by atoms with van der Waals surface area (Å²) >= 11 is 0. The van der Waals surface area contributed by atoms with E-state index in [1.807, 2.05) is 29.2 Å². The largest absolute Gasteiger partial charge is 0.453 e. The number of azo groups is 1. The lowest BCUT2D eigenvalue weighted by atomic mass is 9.89. The SMILES string of the molecule is COC(=O)N1CC[C@@H]2c3cccc(N=N[C@]45CCN(C(=O)OC)[C@H]4Cc4ccccc45)c3CC21. The second-order valence-electron chi connectivity index (χ2n) is 9.59. The first-order valence-corrected chi connectivity index (χ1v) is 11.9. The number of fused-ring (bicyclic) bond motifs is 6. The van der Waals surface area contributed by atoms with Crippen LogP contribution in [0.2, 0.25) is 0 Å². The first-order chi connectivity index (χ1) is 16.6. The third kappa shape index (κ3) is 2.90. The maximum Gasteiger partial charge on any atom is 0.409 e. The quantitative estimate of drug-likeness (QED) is 0.616. The van der Waals surface area contributed by atoms with E-state index in [-0.39, 0.29) is 24.3 Å². The Morgan fingerprint density at radius 1 is 0.971 bits per heavy atom. The second-order valence-corrected chi connectivity index (χ2v) is 9.59. The Balaban J connectivity index is 1.36. The van der Waals surface area contributed by atoms with Gasteiger partial charge in [-0.05, 0) is 54.0 Å². The number of hydrogen-bond acceptors (Lipinski definition) is 6. The van der Waals surface area contributed by atoms with Gasteiger partial charge in [-0.25, -0.2) is 9.59 Å². The summed E-state index contributed by atoms with van der Waals surface area (Å²) in [7, 11) is 2.86. The lowest BCUT2D eigenvalue weighted by molar-refractivity contribution is 0.113. The third-order valence-electron chi connectivity index (χ3n) is 8.26. The number of amides is 2. The molecule has 0 saturated carbocycles. The van der Waals surface area contributed by atoms with Crippen LogP contribution in [0.5, 0.6) is 0 Å². The van der Waals surface area contributed by atoms with Crippen LogP contribution in [0.25, 0.3) is 0 Å². The molecule has 0 bridgehead atoms. The Morgan fingerprint density at radius 2 is 1.76 bits per heavy atom. The van der Waals surface area contributed by atoms with Crippen LogP contribution in [0.15, 0.2) is 52.7 Å². The number of ether oxygens (including phenoxy) is 2. The molecule has 2 amide bonds. The molecule has 2 saturated heterocycles. The molecule has 176 valence electrons. The smallest absolute Gasteiger partial charge is 0.409 e. The summed E-state index contributed by atoms with van der Waals surface area (Å²) < 4.78 is 10.1. The van der Waals surface area contributed by atoms with Crippen molar-refractivity contribution >= 4 is 17.9 Å². The second kappa shape index (κ2) is 7.82. The molecule has 8 heteroatoms. The van der Waals surface area contributed by atoms with Crippen molar-refractivity contribution in [1.29, 1.82) is 0 Å². The van der Waals surface area contributed by atoms with E-state index in [2.05, 4.69) is 18.2 Å². The Morgan fingerprint density at radius 3 is 2.59 bits per heavy atom. The molecule has 0 aromatic heterocycles. The number of rotatable bonds is 2. The predicted octanol–water partition coefficient (Wildman–Crippen LogP) is 4.54. The van der Waals surface area contributed by atoms with Crippen molar-refractivity contribution in [2.45, 2.75) is 49.2 Å². The molecule has 0 N–H and O–H groups in total. The zero-order valence-electron chi connectivity index (χ0n) is 19.4. The van der Waals surface area contributed by atoms with Gasteiger partial charge in [-0.15, -0.1) is 0 Å². The first-order valence-electron chi connectivity index (χ1n) is 11.9.